The average Bonchev–Trinajstić information content (AvgIpc) is 2.93. The Bertz CT molecular complexity index is 1670. The van der Waals surface area contributed by atoms with Gasteiger partial charge in [0.25, 0.3) is 0 Å². The summed E-state index contributed by atoms with van der Waals surface area (Å²) in [6.45, 7) is 0. The van der Waals surface area contributed by atoms with E-state index in [0.29, 0.717) is 24.3 Å². The van der Waals surface area contributed by atoms with E-state index in [1.165, 1.54) is 0 Å². The number of alkyl halides is 24. The van der Waals surface area contributed by atoms with Gasteiger partial charge in [0.2, 0.25) is 0 Å². The lowest BCUT2D eigenvalue weighted by atomic mass is 9.82. The van der Waals surface area contributed by atoms with Crippen molar-refractivity contribution in [3.63, 3.8) is 0 Å². The minimum atomic E-state index is -9.35. The molecule has 0 radical (unpaired) electrons. The van der Waals surface area contributed by atoms with E-state index in [0.717, 1.165) is 0 Å². The largest absolute Gasteiger partial charge is 0.460 e. The third-order valence-electron chi connectivity index (χ3n) is 7.04. The van der Waals surface area contributed by atoms with Crippen molar-refractivity contribution in [2.45, 2.75) is 65.7 Å². The number of hydrogen-bond acceptors (Lipinski definition) is 0. The van der Waals surface area contributed by atoms with E-state index < -0.39 is 98.3 Å². The summed E-state index contributed by atoms with van der Waals surface area (Å²) in [6.07, 6.45) is -13.7. The minimum absolute atomic E-state index is 0.0405. The van der Waals surface area contributed by atoms with Crippen LogP contribution in [0, 0.1) is 0 Å². The number of fused-ring (bicyclic) bond motifs is 2. The zero-order chi connectivity index (χ0) is 38.6. The number of rotatable bonds is 9. The molecule has 49 heavy (non-hydrogen) atoms. The molecule has 0 bridgehead atoms. The molecular weight excluding hydrogens is 756 g/mol. The predicted octanol–water partition coefficient (Wildman–Crippen LogP) is 11.7. The van der Waals surface area contributed by atoms with Crippen LogP contribution >= 0.6 is 0 Å². The summed E-state index contributed by atoms with van der Waals surface area (Å²) in [5.74, 6) is -79.2. The standard InChI is InChI=1S/C25H8F24/c26-15(27,13-9-5-1-3-7-11(9)14(16(28,29)30)12-8-4-2-6-10(12)13)17(31,32)18(33,34)19(35,36)20(37,38)21(39,40)22(41,42)23(43,44)24(45,46)25(47,48)49/h1-8H. The van der Waals surface area contributed by atoms with Gasteiger partial charge in [-0.1, -0.05) is 48.5 Å². The number of benzene rings is 3. The van der Waals surface area contributed by atoms with Gasteiger partial charge in [0.15, 0.2) is 0 Å². The Morgan fingerprint density at radius 3 is 0.735 bits per heavy atom. The van der Waals surface area contributed by atoms with Crippen LogP contribution in [-0.4, -0.2) is 53.6 Å². The third kappa shape index (κ3) is 4.94. The van der Waals surface area contributed by atoms with Crippen LogP contribution in [-0.2, 0) is 12.1 Å². The van der Waals surface area contributed by atoms with Crippen LogP contribution in [0.1, 0.15) is 11.1 Å². The quantitative estimate of drug-likeness (QED) is 0.150. The van der Waals surface area contributed by atoms with Crippen molar-refractivity contribution in [1.29, 1.82) is 0 Å². The molecule has 0 nitrogen and oxygen atoms in total. The zero-order valence-electron chi connectivity index (χ0n) is 22.2. The van der Waals surface area contributed by atoms with Crippen molar-refractivity contribution in [2.75, 3.05) is 0 Å². The van der Waals surface area contributed by atoms with E-state index in [2.05, 4.69) is 0 Å². The summed E-state index contributed by atoms with van der Waals surface area (Å²) in [4.78, 5) is 0. The van der Waals surface area contributed by atoms with E-state index >= 15 is 8.78 Å². The maximum Gasteiger partial charge on any atom is 0.460 e. The van der Waals surface area contributed by atoms with Gasteiger partial charge in [0.05, 0.1) is 5.56 Å². The van der Waals surface area contributed by atoms with E-state index in [1.54, 1.807) is 0 Å². The van der Waals surface area contributed by atoms with Gasteiger partial charge in [-0.25, -0.2) is 0 Å². The molecule has 276 valence electrons. The molecule has 0 heterocycles. The summed E-state index contributed by atoms with van der Waals surface area (Å²) >= 11 is 0. The van der Waals surface area contributed by atoms with Crippen LogP contribution in [0.4, 0.5) is 105 Å². The summed E-state index contributed by atoms with van der Waals surface area (Å²) in [5, 5.41) is -6.90. The smallest absolute Gasteiger partial charge is 0.194 e. The van der Waals surface area contributed by atoms with Gasteiger partial charge >= 0.3 is 65.7 Å². The molecule has 0 atom stereocenters. The molecule has 3 rings (SSSR count). The Labute approximate surface area is 253 Å². The van der Waals surface area contributed by atoms with Crippen molar-refractivity contribution in [3.8, 4) is 0 Å². The predicted molar refractivity (Wildman–Crippen MR) is 116 cm³/mol. The molecule has 3 aromatic carbocycles. The molecule has 0 saturated heterocycles. The van der Waals surface area contributed by atoms with E-state index in [-0.39, 0.29) is 24.3 Å². The van der Waals surface area contributed by atoms with E-state index in [9.17, 15) is 96.6 Å². The second-order valence-corrected chi connectivity index (χ2v) is 10.0. The van der Waals surface area contributed by atoms with Crippen LogP contribution in [0.25, 0.3) is 21.5 Å². The van der Waals surface area contributed by atoms with Gasteiger partial charge in [0.1, 0.15) is 0 Å². The number of halogens is 24. The Morgan fingerprint density at radius 1 is 0.265 bits per heavy atom. The Balaban J connectivity index is 2.36. The molecule has 0 aliphatic heterocycles. The fourth-order valence-electron chi connectivity index (χ4n) is 4.49. The molecule has 0 aliphatic carbocycles. The molecule has 0 spiro atoms. The van der Waals surface area contributed by atoms with Gasteiger partial charge in [-0.15, -0.1) is 0 Å². The molecular formula is C25H8F24. The van der Waals surface area contributed by atoms with Crippen LogP contribution in [0.15, 0.2) is 48.5 Å². The first-order chi connectivity index (χ1) is 21.5. The van der Waals surface area contributed by atoms with Crippen LogP contribution in [0.2, 0.25) is 0 Å². The van der Waals surface area contributed by atoms with E-state index in [1.807, 2.05) is 0 Å². The highest BCUT2D eigenvalue weighted by Crippen LogP contribution is 2.67. The lowest BCUT2D eigenvalue weighted by molar-refractivity contribution is -0.474. The van der Waals surface area contributed by atoms with Crippen molar-refractivity contribution in [3.05, 3.63) is 59.7 Å². The molecule has 0 unspecified atom stereocenters. The maximum absolute atomic E-state index is 15.5. The van der Waals surface area contributed by atoms with E-state index in [4.69, 9.17) is 0 Å². The molecule has 0 amide bonds. The molecule has 0 aromatic heterocycles. The Kier molecular flexibility index (Phi) is 8.76. The molecule has 0 N–H and O–H groups in total. The second-order valence-electron chi connectivity index (χ2n) is 10.0. The van der Waals surface area contributed by atoms with Gasteiger partial charge < -0.3 is 0 Å². The number of hydrogen-bond donors (Lipinski definition) is 0. The van der Waals surface area contributed by atoms with Crippen molar-refractivity contribution in [1.82, 2.24) is 0 Å². The lowest BCUT2D eigenvalue weighted by Gasteiger charge is -2.44. The fraction of sp³-hybridized carbons (Fsp3) is 0.440. The van der Waals surface area contributed by atoms with Gasteiger partial charge in [-0.3, -0.25) is 0 Å². The highest BCUT2D eigenvalue weighted by molar-refractivity contribution is 6.07. The summed E-state index contributed by atoms with van der Waals surface area (Å²) in [5.41, 5.74) is -4.80. The normalized spacial score (nSPS) is 15.8. The lowest BCUT2D eigenvalue weighted by Crippen LogP contribution is -2.76. The van der Waals surface area contributed by atoms with Crippen LogP contribution in [0.3, 0.4) is 0 Å². The Morgan fingerprint density at radius 2 is 0.490 bits per heavy atom. The summed E-state index contributed by atoms with van der Waals surface area (Å²) in [7, 11) is 0. The first-order valence-electron chi connectivity index (χ1n) is 11.9. The van der Waals surface area contributed by atoms with Crippen molar-refractivity contribution in [2.24, 2.45) is 0 Å². The summed E-state index contributed by atoms with van der Waals surface area (Å²) < 4.78 is 334. The first kappa shape index (κ1) is 39.9. The molecule has 0 fully saturated rings. The monoisotopic (exact) mass is 764 g/mol. The fourth-order valence-corrected chi connectivity index (χ4v) is 4.49. The van der Waals surface area contributed by atoms with Crippen LogP contribution < -0.4 is 0 Å². The SMILES string of the molecule is FC(F)(F)c1c2ccccc2c(C(F)(F)C(F)(F)C(F)(F)C(F)(F)C(F)(F)C(F)(F)C(F)(F)C(F)(F)C(F)(F)C(F)(F)F)c2ccccc12. The van der Waals surface area contributed by atoms with Gasteiger partial charge in [-0.2, -0.15) is 105 Å². The minimum Gasteiger partial charge on any atom is -0.194 e. The third-order valence-corrected chi connectivity index (χ3v) is 7.04. The second kappa shape index (κ2) is 10.8. The van der Waals surface area contributed by atoms with Gasteiger partial charge in [0, 0.05) is 5.56 Å². The molecule has 24 heteroatoms. The summed E-state index contributed by atoms with van der Waals surface area (Å²) in [6, 6.07) is 2.63. The molecule has 0 saturated carbocycles. The van der Waals surface area contributed by atoms with Crippen molar-refractivity contribution >= 4 is 21.5 Å². The zero-order valence-corrected chi connectivity index (χ0v) is 22.2. The Hall–Kier alpha value is -3.50. The maximum atomic E-state index is 15.5. The highest BCUT2D eigenvalue weighted by atomic mass is 19.4. The molecule has 3 aromatic rings. The highest BCUT2D eigenvalue weighted by Gasteiger charge is 2.98. The first-order valence-corrected chi connectivity index (χ1v) is 11.9. The van der Waals surface area contributed by atoms with Gasteiger partial charge in [-0.05, 0) is 21.5 Å². The molecule has 0 aliphatic rings. The van der Waals surface area contributed by atoms with Crippen molar-refractivity contribution < 1.29 is 105 Å². The van der Waals surface area contributed by atoms with Crippen LogP contribution in [0.5, 0.6) is 0 Å². The topological polar surface area (TPSA) is 0 Å². The average molecular weight is 764 g/mol.